The van der Waals surface area contributed by atoms with Crippen LogP contribution in [0.3, 0.4) is 0 Å². The van der Waals surface area contributed by atoms with Gasteiger partial charge in [0.15, 0.2) is 28.0 Å². The summed E-state index contributed by atoms with van der Waals surface area (Å²) < 4.78 is 28.2. The Morgan fingerprint density at radius 2 is 2.23 bits per heavy atom. The molecule has 0 saturated carbocycles. The van der Waals surface area contributed by atoms with E-state index in [4.69, 9.17) is 15.2 Å². The van der Waals surface area contributed by atoms with Crippen LogP contribution in [0.25, 0.3) is 5.82 Å². The van der Waals surface area contributed by atoms with E-state index in [1.807, 2.05) is 12.1 Å². The number of nitrogens with one attached hydrogen (secondary N) is 2. The van der Waals surface area contributed by atoms with E-state index in [0.717, 1.165) is 27.1 Å². The molecule has 200 valence electrons. The predicted molar refractivity (Wildman–Crippen MR) is 140 cm³/mol. The molecule has 1 atom stereocenters. The van der Waals surface area contributed by atoms with Crippen molar-refractivity contribution < 1.29 is 23.8 Å². The molecule has 39 heavy (non-hydrogen) atoms. The number of aromatic carboxylic acids is 1. The van der Waals surface area contributed by atoms with E-state index in [-0.39, 0.29) is 22.1 Å². The zero-order valence-electron chi connectivity index (χ0n) is 20.5. The Morgan fingerprint density at radius 3 is 3.03 bits per heavy atom. The molecular weight excluding hydrogens is 529 g/mol. The van der Waals surface area contributed by atoms with Gasteiger partial charge in [0.1, 0.15) is 17.7 Å². The maximum atomic E-state index is 16.1. The number of nitrogens with two attached hydrogens (primary N) is 1. The van der Waals surface area contributed by atoms with Crippen molar-refractivity contribution >= 4 is 28.8 Å². The van der Waals surface area contributed by atoms with Gasteiger partial charge in [0.2, 0.25) is 0 Å². The molecule has 2 aromatic carbocycles. The highest BCUT2D eigenvalue weighted by atomic mass is 32.1. The minimum atomic E-state index is -1.25. The molecular formula is C25H22FN7O5S. The molecule has 0 saturated heterocycles. The average molecular weight is 552 g/mol. The molecule has 0 radical (unpaired) electrons. The molecule has 4 aromatic rings. The average Bonchev–Trinajstić information content (AvgIpc) is 3.66. The van der Waals surface area contributed by atoms with Crippen molar-refractivity contribution in [3.8, 4) is 17.3 Å². The van der Waals surface area contributed by atoms with Crippen LogP contribution in [0.5, 0.6) is 11.5 Å². The van der Waals surface area contributed by atoms with Gasteiger partial charge in [-0.2, -0.15) is 4.68 Å². The third kappa shape index (κ3) is 4.18. The number of carbonyl (C=O) groups is 1. The van der Waals surface area contributed by atoms with Crippen LogP contribution in [-0.2, 0) is 13.0 Å². The Bertz CT molecular complexity index is 1710. The first-order valence-corrected chi connectivity index (χ1v) is 12.8. The molecule has 1 unspecified atom stereocenters. The number of rotatable bonds is 7. The highest BCUT2D eigenvalue weighted by Crippen LogP contribution is 2.41. The molecule has 0 amide bonds. The summed E-state index contributed by atoms with van der Waals surface area (Å²) in [4.78, 5) is 35.4. The third-order valence-corrected chi connectivity index (χ3v) is 7.42. The normalized spacial score (nSPS) is 14.7. The van der Waals surface area contributed by atoms with Gasteiger partial charge in [-0.15, -0.1) is 16.4 Å². The molecule has 4 heterocycles. The summed E-state index contributed by atoms with van der Waals surface area (Å²) in [5.74, 6) is -0.729. The second-order valence-electron chi connectivity index (χ2n) is 8.93. The number of carboxylic acid groups (broad SMARTS) is 1. The van der Waals surface area contributed by atoms with Crippen LogP contribution in [0, 0.1) is 5.82 Å². The highest BCUT2D eigenvalue weighted by Gasteiger charge is 2.31. The van der Waals surface area contributed by atoms with Crippen LogP contribution in [0.1, 0.15) is 50.2 Å². The second kappa shape index (κ2) is 9.54. The number of amidine groups is 1. The second-order valence-corrected chi connectivity index (χ2v) is 9.78. The number of carboxylic acids is 1. The smallest absolute Gasteiger partial charge is 0.349 e. The van der Waals surface area contributed by atoms with E-state index >= 15 is 4.39 Å². The van der Waals surface area contributed by atoms with Crippen molar-refractivity contribution in [1.29, 1.82) is 0 Å². The summed E-state index contributed by atoms with van der Waals surface area (Å²) in [6.45, 7) is 0.856. The van der Waals surface area contributed by atoms with Gasteiger partial charge in [0.25, 0.3) is 0 Å². The van der Waals surface area contributed by atoms with Gasteiger partial charge in [-0.05, 0) is 42.7 Å². The Kier molecular flexibility index (Phi) is 6.02. The Morgan fingerprint density at radius 1 is 1.38 bits per heavy atom. The topological polar surface area (TPSA) is 170 Å². The molecule has 2 aliphatic heterocycles. The summed E-state index contributed by atoms with van der Waals surface area (Å²) in [5, 5.41) is 17.1. The fourth-order valence-electron chi connectivity index (χ4n) is 4.79. The number of aromatic nitrogens is 4. The number of hydrogen-bond donors (Lipinski definition) is 4. The lowest BCUT2D eigenvalue weighted by Crippen LogP contribution is -2.20. The Hall–Kier alpha value is -4.72. The molecule has 0 fully saturated rings. The van der Waals surface area contributed by atoms with Gasteiger partial charge >= 0.3 is 11.7 Å². The van der Waals surface area contributed by atoms with Crippen LogP contribution in [-0.4, -0.2) is 50.4 Å². The van der Waals surface area contributed by atoms with Crippen molar-refractivity contribution in [2.24, 2.45) is 10.7 Å². The zero-order valence-corrected chi connectivity index (χ0v) is 21.3. The van der Waals surface area contributed by atoms with Crippen LogP contribution in [0.4, 0.5) is 10.1 Å². The fraction of sp³-hybridized carbons (Fsp3) is 0.240. The number of benzene rings is 2. The molecule has 5 N–H and O–H groups in total. The van der Waals surface area contributed by atoms with E-state index in [2.05, 4.69) is 25.4 Å². The first kappa shape index (κ1) is 24.6. The lowest BCUT2D eigenvalue weighted by molar-refractivity contribution is 0.0701. The molecule has 14 heteroatoms. The van der Waals surface area contributed by atoms with Gasteiger partial charge in [-0.3, -0.25) is 9.98 Å². The number of hydrogen-bond acceptors (Lipinski definition) is 10. The van der Waals surface area contributed by atoms with Crippen molar-refractivity contribution in [2.75, 3.05) is 19.0 Å². The Balaban J connectivity index is 1.50. The van der Waals surface area contributed by atoms with Gasteiger partial charge in [0.05, 0.1) is 25.8 Å². The number of anilines is 1. The van der Waals surface area contributed by atoms with E-state index < -0.39 is 23.5 Å². The maximum absolute atomic E-state index is 16.1. The number of aliphatic imine (C=N–C) groups is 1. The number of methoxy groups -OCH3 is 1. The van der Waals surface area contributed by atoms with Gasteiger partial charge < -0.3 is 25.6 Å². The molecule has 6 rings (SSSR count). The summed E-state index contributed by atoms with van der Waals surface area (Å²) in [5.41, 5.74) is 9.37. The van der Waals surface area contributed by atoms with Gasteiger partial charge in [-0.1, -0.05) is 0 Å². The van der Waals surface area contributed by atoms with E-state index in [9.17, 15) is 14.7 Å². The zero-order chi connectivity index (χ0) is 27.3. The molecule has 12 nitrogen and oxygen atoms in total. The summed E-state index contributed by atoms with van der Waals surface area (Å²) >= 11 is 0.861. The van der Waals surface area contributed by atoms with Gasteiger partial charge in [-0.25, -0.2) is 19.0 Å². The minimum Gasteiger partial charge on any atom is -0.493 e. The van der Waals surface area contributed by atoms with Crippen LogP contribution >= 0.6 is 11.3 Å². The number of thiazole rings is 1. The lowest BCUT2D eigenvalue weighted by atomic mass is 9.96. The van der Waals surface area contributed by atoms with Crippen LogP contribution in [0.15, 0.2) is 39.6 Å². The first-order valence-electron chi connectivity index (χ1n) is 11.9. The number of nitrogens with zero attached hydrogens (tertiary/aromatic N) is 4. The summed E-state index contributed by atoms with van der Waals surface area (Å²) in [6.07, 6.45) is 1.08. The number of H-pyrrole nitrogens is 1. The number of fused-ring (bicyclic) bond motifs is 2. The minimum absolute atomic E-state index is 0.0400. The standard InChI is InChI=1S/C25H22FN7O5S/c1-37-16-8-15(17(26)14-3-2-6-38-19(14)16)18(30-12-4-5-13-11(7-12)9-28-21(13)27)22-31-25(36)33(32-22)23-20(24(34)35)39-10-29-23/h4-5,7-8,10,18,30H,2-3,6,9H2,1H3,(H2,27,28)(H,34,35)(H,31,32,36). The SMILES string of the molecule is COc1cc(C(Nc2ccc3c(c2)CN=C3N)c2nn(-c3ncsc3C(=O)O)c(=O)[nH]2)c(F)c2c1OCCC2. The number of halogens is 1. The first-order chi connectivity index (χ1) is 18.9. The molecule has 0 bridgehead atoms. The van der Waals surface area contributed by atoms with Crippen molar-refractivity contribution in [3.63, 3.8) is 0 Å². The molecule has 0 spiro atoms. The van der Waals surface area contributed by atoms with E-state index in [1.54, 1.807) is 6.07 Å². The lowest BCUT2D eigenvalue weighted by Gasteiger charge is -2.25. The van der Waals surface area contributed by atoms with Gasteiger partial charge in [0, 0.05) is 22.4 Å². The van der Waals surface area contributed by atoms with Crippen LogP contribution in [0.2, 0.25) is 0 Å². The van der Waals surface area contributed by atoms with E-state index in [0.29, 0.717) is 54.6 Å². The highest BCUT2D eigenvalue weighted by molar-refractivity contribution is 7.12. The Labute approximate surface area is 223 Å². The predicted octanol–water partition coefficient (Wildman–Crippen LogP) is 2.61. The third-order valence-electron chi connectivity index (χ3n) is 6.62. The summed E-state index contributed by atoms with van der Waals surface area (Å²) in [7, 11) is 1.47. The molecule has 2 aliphatic rings. The quantitative estimate of drug-likeness (QED) is 0.270. The molecule has 0 aliphatic carbocycles. The number of ether oxygens (including phenoxy) is 2. The maximum Gasteiger partial charge on any atom is 0.349 e. The monoisotopic (exact) mass is 551 g/mol. The van der Waals surface area contributed by atoms with Crippen molar-refractivity contribution in [3.05, 3.63) is 79.0 Å². The largest absolute Gasteiger partial charge is 0.493 e. The number of aromatic amines is 1. The van der Waals surface area contributed by atoms with Crippen molar-refractivity contribution in [2.45, 2.75) is 25.4 Å². The van der Waals surface area contributed by atoms with E-state index in [1.165, 1.54) is 18.7 Å². The molecule has 2 aromatic heterocycles. The van der Waals surface area contributed by atoms with Crippen LogP contribution < -0.4 is 26.2 Å². The fourth-order valence-corrected chi connectivity index (χ4v) is 5.39. The summed E-state index contributed by atoms with van der Waals surface area (Å²) in [6, 6.07) is 5.93. The van der Waals surface area contributed by atoms with Crippen molar-refractivity contribution in [1.82, 2.24) is 19.7 Å².